The Balaban J connectivity index is 0.000000336. The fourth-order valence-corrected chi connectivity index (χ4v) is 10.6. The Bertz CT molecular complexity index is 2790. The van der Waals surface area contributed by atoms with Crippen molar-refractivity contribution in [3.8, 4) is 0 Å². The van der Waals surface area contributed by atoms with Gasteiger partial charge >= 0.3 is 12.2 Å². The first-order valence-corrected chi connectivity index (χ1v) is 26.5. The molecule has 2 heterocycles. The Morgan fingerprint density at radius 1 is 0.531 bits per heavy atom. The number of rotatable bonds is 16. The fourth-order valence-electron chi connectivity index (χ4n) is 10.6. The maximum Gasteiger partial charge on any atom is 0.407 e. The number of nitrogens with zero attached hydrogens (tertiary/aromatic N) is 4. The number of methoxy groups -OCH3 is 2. The van der Waals surface area contributed by atoms with Gasteiger partial charge in [0, 0.05) is 62.8 Å². The predicted octanol–water partition coefficient (Wildman–Crippen LogP) is 12.9. The van der Waals surface area contributed by atoms with Crippen LogP contribution in [0.15, 0.2) is 146 Å². The van der Waals surface area contributed by atoms with Crippen LogP contribution in [0.3, 0.4) is 0 Å². The van der Waals surface area contributed by atoms with Crippen molar-refractivity contribution >= 4 is 60.2 Å². The molecular weight excluding hydrogens is 1090 g/mol. The molecule has 4 amide bonds. The highest BCUT2D eigenvalue weighted by atomic mass is 35.5. The van der Waals surface area contributed by atoms with E-state index in [-0.39, 0.29) is 42.1 Å². The second-order valence-corrected chi connectivity index (χ2v) is 20.1. The first-order chi connectivity index (χ1) is 37.5. The lowest BCUT2D eigenvalue weighted by atomic mass is 9.75. The van der Waals surface area contributed by atoms with Gasteiger partial charge in [0.05, 0.1) is 37.4 Å². The van der Waals surface area contributed by atoms with E-state index in [9.17, 15) is 36.7 Å². The molecule has 2 saturated heterocycles. The van der Waals surface area contributed by atoms with E-state index in [1.54, 1.807) is 60.3 Å². The van der Waals surface area contributed by atoms with Crippen LogP contribution < -0.4 is 20.4 Å². The van der Waals surface area contributed by atoms with Gasteiger partial charge < -0.3 is 45.2 Å². The molecule has 4 unspecified atom stereocenters. The number of ether oxygens (including phenoxy) is 2. The summed E-state index contributed by atoms with van der Waals surface area (Å²) in [5, 5.41) is 6.09. The number of hydrogen-bond acceptors (Lipinski definition) is 8. The van der Waals surface area contributed by atoms with Crippen molar-refractivity contribution in [2.24, 2.45) is 0 Å². The van der Waals surface area contributed by atoms with Crippen molar-refractivity contribution in [3.05, 3.63) is 202 Å². The van der Waals surface area contributed by atoms with E-state index >= 15 is 0 Å². The zero-order valence-corrected chi connectivity index (χ0v) is 48.2. The van der Waals surface area contributed by atoms with Crippen molar-refractivity contribution in [1.82, 2.24) is 20.4 Å². The largest absolute Gasteiger partial charge is 0.453 e. The molecule has 0 aliphatic carbocycles. The summed E-state index contributed by atoms with van der Waals surface area (Å²) in [6, 6.07) is 41.0. The number of piperidine rings is 2. The van der Waals surface area contributed by atoms with Crippen LogP contribution in [0.1, 0.15) is 120 Å². The molecule has 0 saturated carbocycles. The smallest absolute Gasteiger partial charge is 0.407 e. The Morgan fingerprint density at radius 2 is 0.877 bits per heavy atom. The first-order valence-electron chi connectivity index (χ1n) is 26.5. The van der Waals surface area contributed by atoms with Crippen LogP contribution in [0.25, 0.3) is 0 Å². The summed E-state index contributed by atoms with van der Waals surface area (Å²) in [4.78, 5) is 58.3. The average Bonchev–Trinajstić information content (AvgIpc) is 3.48. The van der Waals surface area contributed by atoms with Crippen LogP contribution in [-0.2, 0) is 20.6 Å². The van der Waals surface area contributed by atoms with Gasteiger partial charge in [-0.1, -0.05) is 99.5 Å². The lowest BCUT2D eigenvalue weighted by Gasteiger charge is -2.48. The molecule has 6 aromatic carbocycles. The number of alkyl carbamates (subject to hydrolysis) is 2. The quantitative estimate of drug-likeness (QED) is 0.0908. The Hall–Kier alpha value is -7.34. The normalized spacial score (nSPS) is 18.2. The Labute approximate surface area is 485 Å². The van der Waals surface area contributed by atoms with Crippen molar-refractivity contribution in [2.75, 3.05) is 64.3 Å². The van der Waals surface area contributed by atoms with Crippen molar-refractivity contribution in [1.29, 1.82) is 0 Å². The molecule has 436 valence electrons. The van der Waals surface area contributed by atoms with Gasteiger partial charge in [-0.25, -0.2) is 27.2 Å². The number of carbonyl (C=O) groups excluding carboxylic acids is 4. The molecule has 2 fully saturated rings. The van der Waals surface area contributed by atoms with Gasteiger partial charge in [-0.15, -0.1) is 24.8 Å². The molecule has 19 heteroatoms. The second kappa shape index (κ2) is 30.5. The minimum Gasteiger partial charge on any atom is -0.453 e. The van der Waals surface area contributed by atoms with Crippen molar-refractivity contribution in [2.45, 2.75) is 88.4 Å². The highest BCUT2D eigenvalue weighted by Crippen LogP contribution is 2.46. The summed E-state index contributed by atoms with van der Waals surface area (Å²) >= 11 is 0. The molecule has 81 heavy (non-hydrogen) atoms. The molecule has 0 bridgehead atoms. The molecule has 4 N–H and O–H groups in total. The number of nitrogens with one attached hydrogen (secondary N) is 2. The number of benzene rings is 6. The van der Waals surface area contributed by atoms with Crippen LogP contribution in [0.2, 0.25) is 0 Å². The molecule has 13 nitrogen and oxygen atoms in total. The van der Waals surface area contributed by atoms with Gasteiger partial charge in [-0.3, -0.25) is 9.59 Å². The fraction of sp³-hybridized carbons (Fsp3) is 0.355. The van der Waals surface area contributed by atoms with E-state index in [2.05, 4.69) is 34.3 Å². The number of carbonyl (C=O) groups is 4. The number of hydrogen-bond donors (Lipinski definition) is 2. The van der Waals surface area contributed by atoms with Crippen LogP contribution in [0, 0.1) is 23.3 Å². The van der Waals surface area contributed by atoms with E-state index in [1.165, 1.54) is 26.4 Å². The summed E-state index contributed by atoms with van der Waals surface area (Å²) < 4.78 is 66.5. The van der Waals surface area contributed by atoms with Crippen LogP contribution in [-0.4, -0.2) is 93.8 Å². The zero-order valence-electron chi connectivity index (χ0n) is 46.6. The Kier molecular flexibility index (Phi) is 24.9. The van der Waals surface area contributed by atoms with Crippen molar-refractivity contribution < 1.29 is 51.7 Å². The lowest BCUT2D eigenvalue weighted by molar-refractivity contribution is 0.0786. The Morgan fingerprint density at radius 3 is 1.19 bits per heavy atom. The minimum atomic E-state index is -0.930. The molecule has 4 atom stereocenters. The lowest BCUT2D eigenvalue weighted by Crippen LogP contribution is -2.54. The number of amides is 4. The highest BCUT2D eigenvalue weighted by Gasteiger charge is 2.45. The van der Waals surface area contributed by atoms with Crippen LogP contribution >= 0.6 is 24.8 Å². The first kappa shape index (κ1) is 66.2. The van der Waals surface area contributed by atoms with E-state index in [4.69, 9.17) is 9.47 Å². The van der Waals surface area contributed by atoms with E-state index in [0.29, 0.717) is 74.1 Å². The van der Waals surface area contributed by atoms with Gasteiger partial charge in [0.25, 0.3) is 11.8 Å². The summed E-state index contributed by atoms with van der Waals surface area (Å²) in [5.74, 6) is -3.79. The molecule has 0 aromatic heterocycles. The molecule has 0 spiro atoms. The maximum absolute atomic E-state index is 14.4. The minimum absolute atomic E-state index is 0. The third kappa shape index (κ3) is 16.0. The van der Waals surface area contributed by atoms with Gasteiger partial charge in [-0.05, 0) is 134 Å². The van der Waals surface area contributed by atoms with Crippen LogP contribution in [0.4, 0.5) is 38.5 Å². The zero-order chi connectivity index (χ0) is 56.0. The third-order valence-corrected chi connectivity index (χ3v) is 15.0. The molecule has 2 aliphatic rings. The van der Waals surface area contributed by atoms with Crippen molar-refractivity contribution in [3.63, 3.8) is 0 Å². The summed E-state index contributed by atoms with van der Waals surface area (Å²) in [6.45, 7) is 6.56. The molecule has 0 radical (unpaired) electrons. The molecule has 6 aromatic rings. The summed E-state index contributed by atoms with van der Waals surface area (Å²) in [5.41, 5.74) is 4.25. The van der Waals surface area contributed by atoms with Gasteiger partial charge in [0.1, 0.15) is 0 Å². The maximum atomic E-state index is 14.4. The molecular formula is C62H74Cl2F4N6O7. The van der Waals surface area contributed by atoms with Gasteiger partial charge in [-0.2, -0.15) is 0 Å². The predicted molar refractivity (Wildman–Crippen MR) is 313 cm³/mol. The number of anilines is 2. The number of unbranched alkanes of at least 4 members (excludes halogenated alkanes) is 2. The SMILES string of the molecule is CCCCN(C)C(=O)c1ccc(N2CCC(NC(=O)OC)(c3ccccc3)CC2c2ccc(F)c(F)c2)cc1.CCCCN(C)C(=O)c1ccc(N2CCC(NC(=O)OC)(c3ccccc3)CC2c2ccc(F)c(F)c2)cc1.Cl.Cl.O. The monoisotopic (exact) mass is 1160 g/mol. The number of halogens is 6. The van der Waals surface area contributed by atoms with E-state index in [1.807, 2.05) is 84.9 Å². The summed E-state index contributed by atoms with van der Waals surface area (Å²) in [7, 11) is 6.23. The average molecular weight is 1160 g/mol. The van der Waals surface area contributed by atoms with Gasteiger partial charge in [0.2, 0.25) is 0 Å². The van der Waals surface area contributed by atoms with Gasteiger partial charge in [0.15, 0.2) is 23.3 Å². The van der Waals surface area contributed by atoms with E-state index < -0.39 is 58.6 Å². The standard InChI is InChI=1S/2C31H35F2N3O3.2ClH.H2O/c2*1-4-5-18-35(2)29(37)22-11-14-25(15-12-22)36-19-17-31(34-30(38)39-3,24-9-7-6-8-10-24)21-28(36)23-13-16-26(32)27(33)20-23;;;/h2*6-16,20,28H,4-5,17-19,21H2,1-3H3,(H,34,38);2*1H;1H2. The molecule has 8 rings (SSSR count). The van der Waals surface area contributed by atoms with E-state index in [0.717, 1.165) is 60.3 Å². The molecule has 2 aliphatic heterocycles. The van der Waals surface area contributed by atoms with Crippen LogP contribution in [0.5, 0.6) is 0 Å². The third-order valence-electron chi connectivity index (χ3n) is 15.0. The highest BCUT2D eigenvalue weighted by molar-refractivity contribution is 5.95. The topological polar surface area (TPSA) is 155 Å². The summed E-state index contributed by atoms with van der Waals surface area (Å²) in [6.07, 6.45) is 4.63. The second-order valence-electron chi connectivity index (χ2n) is 20.1.